The first-order valence-electron chi connectivity index (χ1n) is 8.58. The van der Waals surface area contributed by atoms with Crippen molar-refractivity contribution in [1.29, 1.82) is 0 Å². The van der Waals surface area contributed by atoms with E-state index in [2.05, 4.69) is 0 Å². The van der Waals surface area contributed by atoms with Crippen LogP contribution in [0.2, 0.25) is 0 Å². The SMILES string of the molecule is CC(=O)[C@@H](C(=O)c1ccccc1)C(c1ccc(F)cc1)c1ccc(F)cc1. The first-order chi connectivity index (χ1) is 13.0. The minimum atomic E-state index is -0.997. The van der Waals surface area contributed by atoms with Crippen LogP contribution in [0.1, 0.15) is 34.3 Å². The standard InChI is InChI=1S/C23H18F2O2/c1-15(26)21(23(27)18-5-3-2-4-6-18)22(16-7-11-19(24)12-8-16)17-9-13-20(25)14-10-17/h2-14,21-22H,1H3/t21-/m1/s1. The highest BCUT2D eigenvalue weighted by Gasteiger charge is 2.35. The highest BCUT2D eigenvalue weighted by molar-refractivity contribution is 6.11. The molecule has 0 amide bonds. The van der Waals surface area contributed by atoms with Gasteiger partial charge in [-0.2, -0.15) is 0 Å². The van der Waals surface area contributed by atoms with E-state index in [1.165, 1.54) is 31.2 Å². The van der Waals surface area contributed by atoms with Gasteiger partial charge in [-0.15, -0.1) is 0 Å². The smallest absolute Gasteiger partial charge is 0.174 e. The zero-order chi connectivity index (χ0) is 19.4. The van der Waals surface area contributed by atoms with Crippen LogP contribution < -0.4 is 0 Å². The number of halogens is 2. The summed E-state index contributed by atoms with van der Waals surface area (Å²) >= 11 is 0. The second-order valence-electron chi connectivity index (χ2n) is 6.40. The zero-order valence-corrected chi connectivity index (χ0v) is 14.7. The van der Waals surface area contributed by atoms with E-state index in [1.807, 2.05) is 0 Å². The molecule has 0 aliphatic carbocycles. The first-order valence-corrected chi connectivity index (χ1v) is 8.58. The predicted molar refractivity (Wildman–Crippen MR) is 99.6 cm³/mol. The van der Waals surface area contributed by atoms with Gasteiger partial charge >= 0.3 is 0 Å². The Kier molecular flexibility index (Phi) is 5.55. The second kappa shape index (κ2) is 8.04. The number of benzene rings is 3. The van der Waals surface area contributed by atoms with E-state index in [0.717, 1.165) is 0 Å². The molecule has 0 radical (unpaired) electrons. The maximum Gasteiger partial charge on any atom is 0.174 e. The summed E-state index contributed by atoms with van der Waals surface area (Å²) in [5.74, 6) is -3.08. The molecule has 0 unspecified atom stereocenters. The first kappa shape index (κ1) is 18.6. The Morgan fingerprint density at radius 3 is 1.56 bits per heavy atom. The number of carbonyl (C=O) groups excluding carboxylic acids is 2. The molecule has 27 heavy (non-hydrogen) atoms. The second-order valence-corrected chi connectivity index (χ2v) is 6.40. The number of carbonyl (C=O) groups is 2. The molecule has 0 N–H and O–H groups in total. The summed E-state index contributed by atoms with van der Waals surface area (Å²) in [7, 11) is 0. The van der Waals surface area contributed by atoms with Crippen LogP contribution in [-0.2, 0) is 4.79 Å². The van der Waals surface area contributed by atoms with E-state index >= 15 is 0 Å². The molecule has 2 nitrogen and oxygen atoms in total. The van der Waals surface area contributed by atoms with Crippen molar-refractivity contribution in [3.8, 4) is 0 Å². The van der Waals surface area contributed by atoms with Crippen LogP contribution >= 0.6 is 0 Å². The molecule has 3 rings (SSSR count). The lowest BCUT2D eigenvalue weighted by atomic mass is 9.75. The molecule has 0 spiro atoms. The van der Waals surface area contributed by atoms with Gasteiger partial charge in [-0.25, -0.2) is 8.78 Å². The molecule has 1 atom stereocenters. The van der Waals surface area contributed by atoms with Crippen molar-refractivity contribution in [3.63, 3.8) is 0 Å². The minimum Gasteiger partial charge on any atom is -0.299 e. The molecular weight excluding hydrogens is 346 g/mol. The van der Waals surface area contributed by atoms with Gasteiger partial charge in [0, 0.05) is 11.5 Å². The monoisotopic (exact) mass is 364 g/mol. The molecule has 0 aromatic heterocycles. The summed E-state index contributed by atoms with van der Waals surface area (Å²) in [6.07, 6.45) is 0. The molecule has 3 aromatic carbocycles. The molecule has 0 aliphatic heterocycles. The summed E-state index contributed by atoms with van der Waals surface area (Å²) in [6, 6.07) is 19.9. The van der Waals surface area contributed by atoms with Gasteiger partial charge in [0.2, 0.25) is 0 Å². The Balaban J connectivity index is 2.13. The normalized spacial score (nSPS) is 12.0. The van der Waals surface area contributed by atoms with Crippen molar-refractivity contribution in [1.82, 2.24) is 0 Å². The minimum absolute atomic E-state index is 0.303. The van der Waals surface area contributed by atoms with Gasteiger partial charge in [-0.1, -0.05) is 54.6 Å². The third-order valence-electron chi connectivity index (χ3n) is 4.57. The van der Waals surface area contributed by atoms with Crippen molar-refractivity contribution >= 4 is 11.6 Å². The molecule has 0 bridgehead atoms. The van der Waals surface area contributed by atoms with E-state index < -0.39 is 23.5 Å². The largest absolute Gasteiger partial charge is 0.299 e. The van der Waals surface area contributed by atoms with E-state index in [1.54, 1.807) is 54.6 Å². The molecule has 0 fully saturated rings. The summed E-state index contributed by atoms with van der Waals surface area (Å²) in [6.45, 7) is 1.37. The summed E-state index contributed by atoms with van der Waals surface area (Å²) in [4.78, 5) is 25.7. The summed E-state index contributed by atoms with van der Waals surface area (Å²) in [5.41, 5.74) is 1.66. The maximum absolute atomic E-state index is 13.4. The number of hydrogen-bond donors (Lipinski definition) is 0. The molecule has 0 saturated heterocycles. The van der Waals surface area contributed by atoms with E-state index in [4.69, 9.17) is 0 Å². The van der Waals surface area contributed by atoms with Crippen LogP contribution in [0.25, 0.3) is 0 Å². The van der Waals surface area contributed by atoms with Crippen molar-refractivity contribution in [2.24, 2.45) is 5.92 Å². The molecule has 0 aliphatic rings. The molecule has 4 heteroatoms. The third-order valence-corrected chi connectivity index (χ3v) is 4.57. The van der Waals surface area contributed by atoms with E-state index in [-0.39, 0.29) is 11.6 Å². The van der Waals surface area contributed by atoms with E-state index in [0.29, 0.717) is 16.7 Å². The van der Waals surface area contributed by atoms with Crippen molar-refractivity contribution in [3.05, 3.63) is 107 Å². The van der Waals surface area contributed by atoms with Gasteiger partial charge in [0.15, 0.2) is 5.78 Å². The topological polar surface area (TPSA) is 34.1 Å². The molecule has 3 aromatic rings. The number of ketones is 2. The van der Waals surface area contributed by atoms with Gasteiger partial charge in [0.25, 0.3) is 0 Å². The average Bonchev–Trinajstić information content (AvgIpc) is 2.68. The molecule has 136 valence electrons. The van der Waals surface area contributed by atoms with E-state index in [9.17, 15) is 18.4 Å². The number of hydrogen-bond acceptors (Lipinski definition) is 2. The lowest BCUT2D eigenvalue weighted by molar-refractivity contribution is -0.119. The Labute approximate surface area is 156 Å². The zero-order valence-electron chi connectivity index (χ0n) is 14.7. The quantitative estimate of drug-likeness (QED) is 0.446. The Morgan fingerprint density at radius 2 is 1.15 bits per heavy atom. The summed E-state index contributed by atoms with van der Waals surface area (Å²) < 4.78 is 26.8. The fraction of sp³-hybridized carbons (Fsp3) is 0.130. The number of rotatable bonds is 6. The highest BCUT2D eigenvalue weighted by Crippen LogP contribution is 2.35. The van der Waals surface area contributed by atoms with Crippen LogP contribution in [-0.4, -0.2) is 11.6 Å². The fourth-order valence-electron chi connectivity index (χ4n) is 3.27. The van der Waals surface area contributed by atoms with Gasteiger partial charge in [-0.3, -0.25) is 9.59 Å². The van der Waals surface area contributed by atoms with Crippen LogP contribution in [0.15, 0.2) is 78.9 Å². The van der Waals surface area contributed by atoms with Crippen molar-refractivity contribution in [2.75, 3.05) is 0 Å². The Hall–Kier alpha value is -3.14. The van der Waals surface area contributed by atoms with Gasteiger partial charge in [-0.05, 0) is 42.3 Å². The third kappa shape index (κ3) is 4.17. The molecule has 0 heterocycles. The summed E-state index contributed by atoms with van der Waals surface area (Å²) in [5, 5.41) is 0. The van der Waals surface area contributed by atoms with Crippen LogP contribution in [0.4, 0.5) is 8.78 Å². The highest BCUT2D eigenvalue weighted by atomic mass is 19.1. The lowest BCUT2D eigenvalue weighted by Crippen LogP contribution is -2.29. The van der Waals surface area contributed by atoms with Crippen LogP contribution in [0.5, 0.6) is 0 Å². The van der Waals surface area contributed by atoms with Crippen LogP contribution in [0, 0.1) is 17.6 Å². The lowest BCUT2D eigenvalue weighted by Gasteiger charge is -2.25. The van der Waals surface area contributed by atoms with Gasteiger partial charge in [0.1, 0.15) is 17.4 Å². The average molecular weight is 364 g/mol. The fourth-order valence-corrected chi connectivity index (χ4v) is 3.27. The maximum atomic E-state index is 13.4. The Bertz CT molecular complexity index is 887. The van der Waals surface area contributed by atoms with Crippen LogP contribution in [0.3, 0.4) is 0 Å². The Morgan fingerprint density at radius 1 is 0.704 bits per heavy atom. The predicted octanol–water partition coefficient (Wildman–Crippen LogP) is 5.18. The number of Topliss-reactive ketones (excluding diaryl/α,β-unsaturated/α-hetero) is 2. The van der Waals surface area contributed by atoms with Crippen molar-refractivity contribution in [2.45, 2.75) is 12.8 Å². The molecule has 0 saturated carbocycles. The van der Waals surface area contributed by atoms with Crippen molar-refractivity contribution < 1.29 is 18.4 Å². The molecular formula is C23H18F2O2. The van der Waals surface area contributed by atoms with Gasteiger partial charge < -0.3 is 0 Å². The van der Waals surface area contributed by atoms with Gasteiger partial charge in [0.05, 0.1) is 5.92 Å².